The van der Waals surface area contributed by atoms with Crippen molar-refractivity contribution < 1.29 is 0 Å². The standard InChI is InChI=1S/C46H31N3S/c1-2-10-30(11-3-1)33-12-8-13-34(28-33)31-20-22-32(23-21-31)41-26-27-47-46(48-41)49-42-18-6-4-14-37(42)38-25-24-35(29-43(38)49)36-16-9-17-40-39-15-5-7-19-44(39)50-45(36)40/h1-22,24-29,32H,23H2. The molecule has 0 aliphatic heterocycles. The topological polar surface area (TPSA) is 30.7 Å². The summed E-state index contributed by atoms with van der Waals surface area (Å²) in [6.45, 7) is 0. The van der Waals surface area contributed by atoms with Gasteiger partial charge in [0.05, 0.1) is 16.7 Å². The zero-order valence-corrected chi connectivity index (χ0v) is 28.0. The molecular formula is C46H31N3S. The Morgan fingerprint density at radius 2 is 1.34 bits per heavy atom. The minimum Gasteiger partial charge on any atom is -0.278 e. The van der Waals surface area contributed by atoms with Crippen molar-refractivity contribution in [2.24, 2.45) is 0 Å². The molecule has 3 heterocycles. The fraction of sp³-hybridized carbons (Fsp3) is 0.0435. The van der Waals surface area contributed by atoms with Gasteiger partial charge >= 0.3 is 0 Å². The van der Waals surface area contributed by atoms with Crippen molar-refractivity contribution in [2.45, 2.75) is 12.3 Å². The molecule has 1 aliphatic rings. The van der Waals surface area contributed by atoms with E-state index in [4.69, 9.17) is 9.97 Å². The van der Waals surface area contributed by atoms with Crippen LogP contribution in [-0.4, -0.2) is 14.5 Å². The van der Waals surface area contributed by atoms with Gasteiger partial charge in [-0.05, 0) is 70.1 Å². The highest BCUT2D eigenvalue weighted by molar-refractivity contribution is 7.26. The summed E-state index contributed by atoms with van der Waals surface area (Å²) in [6.07, 6.45) is 9.69. The Hall–Kier alpha value is -6.10. The molecule has 10 rings (SSSR count). The number of benzene rings is 6. The predicted octanol–water partition coefficient (Wildman–Crippen LogP) is 12.4. The molecule has 236 valence electrons. The second-order valence-electron chi connectivity index (χ2n) is 13.0. The molecule has 0 N–H and O–H groups in total. The van der Waals surface area contributed by atoms with Gasteiger partial charge in [0, 0.05) is 43.1 Å². The van der Waals surface area contributed by atoms with Crippen molar-refractivity contribution in [3.05, 3.63) is 181 Å². The highest BCUT2D eigenvalue weighted by Gasteiger charge is 2.19. The van der Waals surface area contributed by atoms with E-state index in [1.165, 1.54) is 64.3 Å². The molecule has 1 unspecified atom stereocenters. The third-order valence-corrected chi connectivity index (χ3v) is 11.3. The lowest BCUT2D eigenvalue weighted by molar-refractivity contribution is 0.798. The van der Waals surface area contributed by atoms with Gasteiger partial charge in [-0.2, -0.15) is 0 Å². The first-order valence-electron chi connectivity index (χ1n) is 17.1. The normalized spacial score (nSPS) is 14.6. The Morgan fingerprint density at radius 3 is 2.24 bits per heavy atom. The fourth-order valence-electron chi connectivity index (χ4n) is 7.57. The first-order valence-corrected chi connectivity index (χ1v) is 17.9. The Kier molecular flexibility index (Phi) is 6.81. The molecule has 6 aromatic carbocycles. The van der Waals surface area contributed by atoms with Gasteiger partial charge in [0.25, 0.3) is 0 Å². The third-order valence-electron chi connectivity index (χ3n) is 10.0. The van der Waals surface area contributed by atoms with Crippen LogP contribution in [0.15, 0.2) is 170 Å². The van der Waals surface area contributed by atoms with E-state index in [9.17, 15) is 0 Å². The lowest BCUT2D eigenvalue weighted by Crippen LogP contribution is -2.07. The van der Waals surface area contributed by atoms with E-state index in [-0.39, 0.29) is 5.92 Å². The number of nitrogens with zero attached hydrogens (tertiary/aromatic N) is 3. The number of thiophene rings is 1. The molecule has 50 heavy (non-hydrogen) atoms. The van der Waals surface area contributed by atoms with Crippen molar-refractivity contribution >= 4 is 58.9 Å². The van der Waals surface area contributed by atoms with E-state index in [1.807, 2.05) is 17.5 Å². The molecule has 1 atom stereocenters. The molecule has 1 aliphatic carbocycles. The van der Waals surface area contributed by atoms with Gasteiger partial charge in [0.1, 0.15) is 0 Å². The first kappa shape index (κ1) is 28.9. The van der Waals surface area contributed by atoms with E-state index in [0.29, 0.717) is 5.95 Å². The second kappa shape index (κ2) is 11.8. The van der Waals surface area contributed by atoms with Crippen LogP contribution >= 0.6 is 11.3 Å². The molecule has 0 spiro atoms. The second-order valence-corrected chi connectivity index (χ2v) is 14.0. The van der Waals surface area contributed by atoms with E-state index < -0.39 is 0 Å². The van der Waals surface area contributed by atoms with Gasteiger partial charge in [0.15, 0.2) is 0 Å². The molecular weight excluding hydrogens is 627 g/mol. The van der Waals surface area contributed by atoms with Gasteiger partial charge in [0.2, 0.25) is 5.95 Å². The fourth-order valence-corrected chi connectivity index (χ4v) is 8.81. The van der Waals surface area contributed by atoms with E-state index in [0.717, 1.165) is 23.1 Å². The van der Waals surface area contributed by atoms with Crippen molar-refractivity contribution in [1.29, 1.82) is 0 Å². The van der Waals surface area contributed by atoms with Crippen LogP contribution in [0.1, 0.15) is 23.6 Å². The molecule has 0 bridgehead atoms. The molecule has 0 radical (unpaired) electrons. The van der Waals surface area contributed by atoms with Crippen LogP contribution < -0.4 is 0 Å². The molecule has 3 aromatic heterocycles. The van der Waals surface area contributed by atoms with E-state index in [1.54, 1.807) is 0 Å². The van der Waals surface area contributed by atoms with Crippen molar-refractivity contribution in [3.63, 3.8) is 0 Å². The Morgan fingerprint density at radius 1 is 0.580 bits per heavy atom. The summed E-state index contributed by atoms with van der Waals surface area (Å²) < 4.78 is 4.87. The highest BCUT2D eigenvalue weighted by atomic mass is 32.1. The van der Waals surface area contributed by atoms with Gasteiger partial charge < -0.3 is 0 Å². The molecule has 4 heteroatoms. The van der Waals surface area contributed by atoms with Crippen molar-refractivity contribution in [2.75, 3.05) is 0 Å². The summed E-state index contributed by atoms with van der Waals surface area (Å²) in [4.78, 5) is 10.1. The van der Waals surface area contributed by atoms with Gasteiger partial charge in [-0.3, -0.25) is 4.57 Å². The summed E-state index contributed by atoms with van der Waals surface area (Å²) in [6, 6.07) is 52.3. The Labute approximate surface area is 294 Å². The molecule has 0 fully saturated rings. The predicted molar refractivity (Wildman–Crippen MR) is 211 cm³/mol. The summed E-state index contributed by atoms with van der Waals surface area (Å²) in [7, 11) is 0. The minimum atomic E-state index is 0.173. The molecule has 0 amide bonds. The van der Waals surface area contributed by atoms with Crippen molar-refractivity contribution in [3.8, 4) is 28.2 Å². The lowest BCUT2D eigenvalue weighted by Gasteiger charge is -2.17. The van der Waals surface area contributed by atoms with Crippen LogP contribution in [0, 0.1) is 0 Å². The maximum atomic E-state index is 5.25. The third kappa shape index (κ3) is 4.80. The van der Waals surface area contributed by atoms with Gasteiger partial charge in [-0.15, -0.1) is 11.3 Å². The summed E-state index contributed by atoms with van der Waals surface area (Å²) in [5.74, 6) is 0.872. The molecule has 0 saturated carbocycles. The average molecular weight is 658 g/mol. The van der Waals surface area contributed by atoms with Crippen LogP contribution in [0.3, 0.4) is 0 Å². The Bertz CT molecular complexity index is 2800. The number of hydrogen-bond donors (Lipinski definition) is 0. The van der Waals surface area contributed by atoms with Crippen LogP contribution in [0.2, 0.25) is 0 Å². The largest absolute Gasteiger partial charge is 0.278 e. The minimum absolute atomic E-state index is 0.173. The molecule has 9 aromatic rings. The zero-order chi connectivity index (χ0) is 33.0. The van der Waals surface area contributed by atoms with Gasteiger partial charge in [-0.25, -0.2) is 9.97 Å². The summed E-state index contributed by atoms with van der Waals surface area (Å²) in [5, 5.41) is 5.02. The van der Waals surface area contributed by atoms with Crippen LogP contribution in [0.4, 0.5) is 0 Å². The zero-order valence-electron chi connectivity index (χ0n) is 27.2. The van der Waals surface area contributed by atoms with Crippen LogP contribution in [0.5, 0.6) is 0 Å². The Balaban J connectivity index is 1.03. The first-order chi connectivity index (χ1) is 24.8. The number of rotatable bonds is 5. The number of hydrogen-bond acceptors (Lipinski definition) is 3. The van der Waals surface area contributed by atoms with Gasteiger partial charge in [-0.1, -0.05) is 133 Å². The molecule has 0 saturated heterocycles. The highest BCUT2D eigenvalue weighted by Crippen LogP contribution is 2.42. The van der Waals surface area contributed by atoms with E-state index in [2.05, 4.69) is 168 Å². The maximum absolute atomic E-state index is 5.25. The summed E-state index contributed by atoms with van der Waals surface area (Å²) >= 11 is 1.87. The van der Waals surface area contributed by atoms with Crippen molar-refractivity contribution in [1.82, 2.24) is 14.5 Å². The number of fused-ring (bicyclic) bond motifs is 6. The van der Waals surface area contributed by atoms with E-state index >= 15 is 0 Å². The SMILES string of the molecule is C1=CC(c2ccnc(-n3c4ccccc4c4ccc(-c5cccc6c5sc5ccccc56)cc43)n2)CC=C1c1cccc(-c2ccccc2)c1. The maximum Gasteiger partial charge on any atom is 0.234 e. The number of allylic oxidation sites excluding steroid dienone is 4. The molecule has 3 nitrogen and oxygen atoms in total. The smallest absolute Gasteiger partial charge is 0.234 e. The number of aromatic nitrogens is 3. The summed E-state index contributed by atoms with van der Waals surface area (Å²) in [5.41, 5.74) is 10.6. The lowest BCUT2D eigenvalue weighted by atomic mass is 9.90. The van der Waals surface area contributed by atoms with Crippen LogP contribution in [-0.2, 0) is 0 Å². The quantitative estimate of drug-likeness (QED) is 0.184. The average Bonchev–Trinajstić information content (AvgIpc) is 3.74. The number of para-hydroxylation sites is 1. The van der Waals surface area contributed by atoms with Crippen LogP contribution in [0.25, 0.3) is 75.8 Å². The monoisotopic (exact) mass is 657 g/mol.